The van der Waals surface area contributed by atoms with Gasteiger partial charge in [0, 0.05) is 21.6 Å². The van der Waals surface area contributed by atoms with Crippen LogP contribution >= 0.6 is 11.3 Å². The summed E-state index contributed by atoms with van der Waals surface area (Å²) in [4.78, 5) is 12.5. The first-order valence-corrected chi connectivity index (χ1v) is 10.9. The molecule has 0 fully saturated rings. The van der Waals surface area contributed by atoms with Crippen LogP contribution in [0.1, 0.15) is 10.4 Å². The number of hydrogen-bond acceptors (Lipinski definition) is 4. The van der Waals surface area contributed by atoms with Gasteiger partial charge in [-0.25, -0.2) is 12.8 Å². The molecule has 8 heteroatoms. The summed E-state index contributed by atoms with van der Waals surface area (Å²) >= 11 is 1.62. The fraction of sp³-hybridized carbons (Fsp3) is 0. The molecular formula is C21H15FN2O3S2. The van der Waals surface area contributed by atoms with E-state index in [4.69, 9.17) is 0 Å². The van der Waals surface area contributed by atoms with Crippen LogP contribution in [-0.4, -0.2) is 14.3 Å². The molecular weight excluding hydrogens is 411 g/mol. The molecule has 0 atom stereocenters. The van der Waals surface area contributed by atoms with Crippen molar-refractivity contribution in [2.45, 2.75) is 4.90 Å². The molecule has 2 N–H and O–H groups in total. The minimum absolute atomic E-state index is 0.0715. The van der Waals surface area contributed by atoms with Gasteiger partial charge in [0.15, 0.2) is 0 Å². The van der Waals surface area contributed by atoms with E-state index in [1.807, 2.05) is 29.6 Å². The zero-order chi connectivity index (χ0) is 20.4. The number of anilines is 2. The molecule has 1 amide bonds. The van der Waals surface area contributed by atoms with Crippen LogP contribution in [0.25, 0.3) is 10.1 Å². The van der Waals surface area contributed by atoms with Crippen molar-refractivity contribution in [3.63, 3.8) is 0 Å². The van der Waals surface area contributed by atoms with Gasteiger partial charge < -0.3 is 5.32 Å². The van der Waals surface area contributed by atoms with E-state index in [0.29, 0.717) is 11.3 Å². The van der Waals surface area contributed by atoms with Gasteiger partial charge in [-0.3, -0.25) is 9.52 Å². The highest BCUT2D eigenvalue weighted by Gasteiger charge is 2.15. The highest BCUT2D eigenvalue weighted by molar-refractivity contribution is 7.92. The third-order valence-electron chi connectivity index (χ3n) is 4.21. The SMILES string of the molecule is O=C(Nc1ccc2sccc2c1)c1cccc(NS(=O)(=O)c2ccc(F)cc2)c1. The zero-order valence-corrected chi connectivity index (χ0v) is 16.6. The number of thiophene rings is 1. The van der Waals surface area contributed by atoms with Gasteiger partial charge in [-0.2, -0.15) is 0 Å². The monoisotopic (exact) mass is 426 g/mol. The number of hydrogen-bond donors (Lipinski definition) is 2. The number of carbonyl (C=O) groups excluding carboxylic acids is 1. The van der Waals surface area contributed by atoms with Gasteiger partial charge >= 0.3 is 0 Å². The zero-order valence-electron chi connectivity index (χ0n) is 14.9. The first-order valence-electron chi connectivity index (χ1n) is 8.58. The molecule has 0 radical (unpaired) electrons. The number of amides is 1. The lowest BCUT2D eigenvalue weighted by atomic mass is 10.2. The van der Waals surface area contributed by atoms with Gasteiger partial charge in [0.05, 0.1) is 4.90 Å². The molecule has 0 aliphatic heterocycles. The molecule has 0 saturated heterocycles. The summed E-state index contributed by atoms with van der Waals surface area (Å²) in [5.41, 5.74) is 1.18. The Morgan fingerprint density at radius 2 is 1.69 bits per heavy atom. The molecule has 29 heavy (non-hydrogen) atoms. The Labute approximate surface area is 170 Å². The Morgan fingerprint density at radius 1 is 0.897 bits per heavy atom. The summed E-state index contributed by atoms with van der Waals surface area (Å²) in [5, 5.41) is 5.83. The number of halogens is 1. The standard InChI is InChI=1S/C21H15FN2O3S2/c22-16-4-7-19(8-5-16)29(26,27)24-18-3-1-2-15(13-18)21(25)23-17-6-9-20-14(12-17)10-11-28-20/h1-13,24H,(H,23,25). The molecule has 4 rings (SSSR count). The molecule has 146 valence electrons. The number of nitrogens with one attached hydrogen (secondary N) is 2. The van der Waals surface area contributed by atoms with E-state index in [2.05, 4.69) is 10.0 Å². The highest BCUT2D eigenvalue weighted by atomic mass is 32.2. The van der Waals surface area contributed by atoms with E-state index < -0.39 is 15.8 Å². The summed E-state index contributed by atoms with van der Waals surface area (Å²) in [6.07, 6.45) is 0. The topological polar surface area (TPSA) is 75.3 Å². The minimum atomic E-state index is -3.90. The maximum Gasteiger partial charge on any atom is 0.261 e. The van der Waals surface area contributed by atoms with Crippen molar-refractivity contribution in [3.05, 3.63) is 89.6 Å². The van der Waals surface area contributed by atoms with Crippen LogP contribution in [0, 0.1) is 5.82 Å². The average molecular weight is 426 g/mol. The van der Waals surface area contributed by atoms with Crippen LogP contribution in [0.4, 0.5) is 15.8 Å². The molecule has 3 aromatic carbocycles. The van der Waals surface area contributed by atoms with Crippen LogP contribution < -0.4 is 10.0 Å². The second-order valence-corrected chi connectivity index (χ2v) is 8.90. The van der Waals surface area contributed by atoms with Crippen LogP contribution in [0.15, 0.2) is 83.1 Å². The Hall–Kier alpha value is -3.23. The molecule has 5 nitrogen and oxygen atoms in total. The maximum absolute atomic E-state index is 13.0. The van der Waals surface area contributed by atoms with Crippen LogP contribution in [0.3, 0.4) is 0 Å². The second kappa shape index (κ2) is 7.65. The third-order valence-corrected chi connectivity index (χ3v) is 6.51. The summed E-state index contributed by atoms with van der Waals surface area (Å²) in [6.45, 7) is 0. The number of sulfonamides is 1. The van der Waals surface area contributed by atoms with Gasteiger partial charge in [0.2, 0.25) is 0 Å². The lowest BCUT2D eigenvalue weighted by molar-refractivity contribution is 0.102. The lowest BCUT2D eigenvalue weighted by Gasteiger charge is -2.10. The van der Waals surface area contributed by atoms with Gasteiger partial charge in [-0.15, -0.1) is 11.3 Å². The first-order chi connectivity index (χ1) is 13.9. The van der Waals surface area contributed by atoms with Gasteiger partial charge in [-0.05, 0) is 77.5 Å². The number of carbonyl (C=O) groups is 1. The van der Waals surface area contributed by atoms with Crippen LogP contribution in [0.2, 0.25) is 0 Å². The summed E-state index contributed by atoms with van der Waals surface area (Å²) in [6, 6.07) is 18.3. The molecule has 0 aliphatic carbocycles. The quantitative estimate of drug-likeness (QED) is 0.467. The normalized spacial score (nSPS) is 11.3. The number of fused-ring (bicyclic) bond motifs is 1. The average Bonchev–Trinajstić information content (AvgIpc) is 3.16. The molecule has 0 bridgehead atoms. The number of rotatable bonds is 5. The van der Waals surface area contributed by atoms with Crippen molar-refractivity contribution in [2.24, 2.45) is 0 Å². The fourth-order valence-corrected chi connectivity index (χ4v) is 4.62. The minimum Gasteiger partial charge on any atom is -0.322 e. The summed E-state index contributed by atoms with van der Waals surface area (Å²) in [7, 11) is -3.90. The molecule has 0 aliphatic rings. The molecule has 1 heterocycles. The summed E-state index contributed by atoms with van der Waals surface area (Å²) < 4.78 is 41.5. The Bertz CT molecular complexity index is 1300. The van der Waals surface area contributed by atoms with E-state index in [1.165, 1.54) is 24.3 Å². The first kappa shape index (κ1) is 19.1. The van der Waals surface area contributed by atoms with E-state index in [9.17, 15) is 17.6 Å². The highest BCUT2D eigenvalue weighted by Crippen LogP contribution is 2.24. The predicted molar refractivity (Wildman–Crippen MR) is 113 cm³/mol. The Balaban J connectivity index is 1.53. The fourth-order valence-electron chi connectivity index (χ4n) is 2.80. The van der Waals surface area contributed by atoms with Crippen LogP contribution in [0.5, 0.6) is 0 Å². The molecule has 4 aromatic rings. The van der Waals surface area contributed by atoms with Crippen molar-refractivity contribution in [3.8, 4) is 0 Å². The van der Waals surface area contributed by atoms with E-state index in [0.717, 1.165) is 22.2 Å². The van der Waals surface area contributed by atoms with Gasteiger partial charge in [0.25, 0.3) is 15.9 Å². The smallest absolute Gasteiger partial charge is 0.261 e. The third kappa shape index (κ3) is 4.28. The summed E-state index contributed by atoms with van der Waals surface area (Å²) in [5.74, 6) is -0.884. The van der Waals surface area contributed by atoms with Crippen LogP contribution in [-0.2, 0) is 10.0 Å². The van der Waals surface area contributed by atoms with Crippen molar-refractivity contribution in [1.82, 2.24) is 0 Å². The van der Waals surface area contributed by atoms with E-state index >= 15 is 0 Å². The van der Waals surface area contributed by atoms with Gasteiger partial charge in [0.1, 0.15) is 5.82 Å². The van der Waals surface area contributed by atoms with Crippen molar-refractivity contribution >= 4 is 48.7 Å². The second-order valence-electron chi connectivity index (χ2n) is 6.27. The van der Waals surface area contributed by atoms with E-state index in [1.54, 1.807) is 23.5 Å². The molecule has 0 unspecified atom stereocenters. The van der Waals surface area contributed by atoms with Crippen molar-refractivity contribution in [2.75, 3.05) is 10.0 Å². The van der Waals surface area contributed by atoms with Crippen molar-refractivity contribution < 1.29 is 17.6 Å². The van der Waals surface area contributed by atoms with Crippen molar-refractivity contribution in [1.29, 1.82) is 0 Å². The number of benzene rings is 3. The Kier molecular flexibility index (Phi) is 5.04. The molecule has 0 spiro atoms. The Morgan fingerprint density at radius 3 is 2.48 bits per heavy atom. The van der Waals surface area contributed by atoms with E-state index in [-0.39, 0.29) is 16.5 Å². The largest absolute Gasteiger partial charge is 0.322 e. The maximum atomic E-state index is 13.0. The lowest BCUT2D eigenvalue weighted by Crippen LogP contribution is -2.15. The molecule has 1 aromatic heterocycles. The molecule has 0 saturated carbocycles. The predicted octanol–water partition coefficient (Wildman–Crippen LogP) is 5.09. The van der Waals surface area contributed by atoms with Gasteiger partial charge in [-0.1, -0.05) is 6.07 Å².